The summed E-state index contributed by atoms with van der Waals surface area (Å²) in [5, 5.41) is 2.13. The number of halogens is 1. The van der Waals surface area contributed by atoms with Gasteiger partial charge in [-0.05, 0) is 91.7 Å². The molecule has 2 heteroatoms. The first-order chi connectivity index (χ1) is 11.1. The maximum atomic E-state index is 13.4. The van der Waals surface area contributed by atoms with Gasteiger partial charge < -0.3 is 4.90 Å². The number of fused-ring (bicyclic) bond motifs is 3. The molecule has 0 unspecified atom stereocenters. The highest BCUT2D eigenvalue weighted by molar-refractivity contribution is 5.87. The van der Waals surface area contributed by atoms with Crippen LogP contribution < -0.4 is 0 Å². The first kappa shape index (κ1) is 14.9. The molecule has 0 amide bonds. The van der Waals surface area contributed by atoms with Gasteiger partial charge in [-0.2, -0.15) is 0 Å². The number of benzene rings is 2. The lowest BCUT2D eigenvalue weighted by Gasteiger charge is -2.29. The van der Waals surface area contributed by atoms with Crippen molar-refractivity contribution in [3.63, 3.8) is 0 Å². The molecule has 1 nitrogen and oxygen atoms in total. The summed E-state index contributed by atoms with van der Waals surface area (Å²) in [6, 6.07) is 11.6. The fourth-order valence-electron chi connectivity index (χ4n) is 4.63. The Balaban J connectivity index is 1.82. The molecule has 0 spiro atoms. The van der Waals surface area contributed by atoms with E-state index in [4.69, 9.17) is 0 Å². The normalized spacial score (nSPS) is 24.0. The van der Waals surface area contributed by atoms with Gasteiger partial charge in [-0.25, -0.2) is 4.39 Å². The van der Waals surface area contributed by atoms with Crippen LogP contribution in [0.5, 0.6) is 0 Å². The fourth-order valence-corrected chi connectivity index (χ4v) is 4.63. The van der Waals surface area contributed by atoms with Gasteiger partial charge in [0, 0.05) is 6.54 Å². The molecule has 0 aliphatic heterocycles. The Kier molecular flexibility index (Phi) is 3.73. The number of likely N-dealkylation sites (N-methyl/N-ethyl adjacent to an activating group) is 1. The zero-order valence-corrected chi connectivity index (χ0v) is 14.0. The monoisotopic (exact) mass is 309 g/mol. The maximum absolute atomic E-state index is 13.4. The Labute approximate surface area is 137 Å². The topological polar surface area (TPSA) is 3.24 Å². The minimum Gasteiger partial charge on any atom is -0.305 e. The predicted octanol–water partition coefficient (Wildman–Crippen LogP) is 5.11. The van der Waals surface area contributed by atoms with Gasteiger partial charge in [0.05, 0.1) is 0 Å². The zero-order chi connectivity index (χ0) is 16.0. The molecular weight excluding hydrogens is 285 g/mol. The van der Waals surface area contributed by atoms with Crippen molar-refractivity contribution in [1.82, 2.24) is 4.90 Å². The van der Waals surface area contributed by atoms with E-state index in [9.17, 15) is 4.39 Å². The third-order valence-electron chi connectivity index (χ3n) is 5.49. The van der Waals surface area contributed by atoms with Gasteiger partial charge in [0.2, 0.25) is 0 Å². The highest BCUT2D eigenvalue weighted by Gasteiger charge is 2.35. The number of nitrogens with zero attached hydrogens (tertiary/aromatic N) is 1. The second-order valence-electron chi connectivity index (χ2n) is 7.54. The van der Waals surface area contributed by atoms with Gasteiger partial charge in [0.1, 0.15) is 5.82 Å². The molecular formula is C21H24FN. The molecule has 0 saturated heterocycles. The van der Waals surface area contributed by atoms with Gasteiger partial charge in [-0.1, -0.05) is 23.8 Å². The van der Waals surface area contributed by atoms with E-state index in [0.717, 1.165) is 29.2 Å². The molecule has 120 valence electrons. The van der Waals surface area contributed by atoms with Crippen LogP contribution in [-0.4, -0.2) is 25.5 Å². The lowest BCUT2D eigenvalue weighted by molar-refractivity contribution is 0.413. The maximum Gasteiger partial charge on any atom is 0.123 e. The van der Waals surface area contributed by atoms with Crippen molar-refractivity contribution in [2.45, 2.75) is 25.7 Å². The molecule has 2 bridgehead atoms. The standard InChI is InChI=1S/C21H24FN/c1-23(2)13-19-10-14-3-4-17(9-14)21(19)18-6-5-16-12-20(22)8-7-15(16)11-18/h5-8,11-12,14,17H,3-4,9-10,13H2,1-2H3/t14-,17-/m1/s1. The molecule has 23 heavy (non-hydrogen) atoms. The molecule has 1 fully saturated rings. The van der Waals surface area contributed by atoms with Crippen LogP contribution in [0.15, 0.2) is 42.0 Å². The average molecular weight is 309 g/mol. The van der Waals surface area contributed by atoms with Crippen molar-refractivity contribution < 1.29 is 4.39 Å². The smallest absolute Gasteiger partial charge is 0.123 e. The number of hydrogen-bond donors (Lipinski definition) is 0. The minimum atomic E-state index is -0.158. The molecule has 0 N–H and O–H groups in total. The van der Waals surface area contributed by atoms with E-state index in [0.29, 0.717) is 0 Å². The van der Waals surface area contributed by atoms with Crippen molar-refractivity contribution in [1.29, 1.82) is 0 Å². The Morgan fingerprint density at radius 2 is 1.83 bits per heavy atom. The third-order valence-corrected chi connectivity index (χ3v) is 5.49. The van der Waals surface area contributed by atoms with Crippen LogP contribution in [0.3, 0.4) is 0 Å². The lowest BCUT2D eigenvalue weighted by Crippen LogP contribution is -2.21. The SMILES string of the molecule is CN(C)CC1=C(c2ccc3cc(F)ccc3c2)[C@@H]2CC[C@@H](C1)C2. The third kappa shape index (κ3) is 2.81. The molecule has 2 aliphatic rings. The summed E-state index contributed by atoms with van der Waals surface area (Å²) in [4.78, 5) is 2.29. The predicted molar refractivity (Wildman–Crippen MR) is 94.8 cm³/mol. The van der Waals surface area contributed by atoms with Crippen LogP contribution >= 0.6 is 0 Å². The molecule has 0 aromatic heterocycles. The van der Waals surface area contributed by atoms with Crippen LogP contribution in [0.4, 0.5) is 4.39 Å². The fraction of sp³-hybridized carbons (Fsp3) is 0.429. The van der Waals surface area contributed by atoms with Crippen molar-refractivity contribution in [3.8, 4) is 0 Å². The Morgan fingerprint density at radius 3 is 2.65 bits per heavy atom. The van der Waals surface area contributed by atoms with E-state index in [2.05, 4.69) is 37.2 Å². The number of rotatable bonds is 3. The molecule has 2 aromatic rings. The van der Waals surface area contributed by atoms with Gasteiger partial charge >= 0.3 is 0 Å². The van der Waals surface area contributed by atoms with Gasteiger partial charge in [0.25, 0.3) is 0 Å². The van der Waals surface area contributed by atoms with E-state index in [-0.39, 0.29) is 5.82 Å². The number of hydrogen-bond acceptors (Lipinski definition) is 1. The van der Waals surface area contributed by atoms with Gasteiger partial charge in [-0.3, -0.25) is 0 Å². The summed E-state index contributed by atoms with van der Waals surface area (Å²) in [5.41, 5.74) is 4.56. The van der Waals surface area contributed by atoms with Crippen LogP contribution in [-0.2, 0) is 0 Å². The largest absolute Gasteiger partial charge is 0.305 e. The van der Waals surface area contributed by atoms with E-state index in [1.807, 2.05) is 6.07 Å². The highest BCUT2D eigenvalue weighted by atomic mass is 19.1. The van der Waals surface area contributed by atoms with E-state index in [1.165, 1.54) is 31.2 Å². The summed E-state index contributed by atoms with van der Waals surface area (Å²) in [6.45, 7) is 1.06. The molecule has 2 aromatic carbocycles. The quantitative estimate of drug-likeness (QED) is 0.761. The Hall–Kier alpha value is -1.67. The average Bonchev–Trinajstić information content (AvgIpc) is 2.88. The lowest BCUT2D eigenvalue weighted by atomic mass is 9.79. The number of allylic oxidation sites excluding steroid dienone is 1. The minimum absolute atomic E-state index is 0.158. The summed E-state index contributed by atoms with van der Waals surface area (Å²) in [7, 11) is 4.31. The molecule has 2 atom stereocenters. The van der Waals surface area contributed by atoms with E-state index >= 15 is 0 Å². The highest BCUT2D eigenvalue weighted by Crippen LogP contribution is 2.49. The second-order valence-corrected chi connectivity index (χ2v) is 7.54. The van der Waals surface area contributed by atoms with Crippen LogP contribution in [0.25, 0.3) is 16.3 Å². The summed E-state index contributed by atoms with van der Waals surface area (Å²) < 4.78 is 13.4. The first-order valence-electron chi connectivity index (χ1n) is 8.66. The van der Waals surface area contributed by atoms with Crippen molar-refractivity contribution in [2.75, 3.05) is 20.6 Å². The zero-order valence-electron chi connectivity index (χ0n) is 14.0. The van der Waals surface area contributed by atoms with Crippen LogP contribution in [0.1, 0.15) is 31.2 Å². The molecule has 1 saturated carbocycles. The second kappa shape index (κ2) is 5.76. The van der Waals surface area contributed by atoms with Crippen molar-refractivity contribution in [2.24, 2.45) is 11.8 Å². The molecule has 0 radical (unpaired) electrons. The van der Waals surface area contributed by atoms with Gasteiger partial charge in [-0.15, -0.1) is 0 Å². The summed E-state index contributed by atoms with van der Waals surface area (Å²) >= 11 is 0. The van der Waals surface area contributed by atoms with Gasteiger partial charge in [0.15, 0.2) is 0 Å². The molecule has 4 rings (SSSR count). The Morgan fingerprint density at radius 1 is 1.04 bits per heavy atom. The van der Waals surface area contributed by atoms with Crippen LogP contribution in [0.2, 0.25) is 0 Å². The van der Waals surface area contributed by atoms with E-state index < -0.39 is 0 Å². The van der Waals surface area contributed by atoms with Crippen molar-refractivity contribution in [3.05, 3.63) is 53.4 Å². The summed E-state index contributed by atoms with van der Waals surface area (Å²) in [5.74, 6) is 1.46. The van der Waals surface area contributed by atoms with E-state index in [1.54, 1.807) is 23.3 Å². The first-order valence-corrected chi connectivity index (χ1v) is 8.66. The summed E-state index contributed by atoms with van der Waals surface area (Å²) in [6.07, 6.45) is 5.32. The molecule has 2 aliphatic carbocycles. The Bertz CT molecular complexity index is 775. The van der Waals surface area contributed by atoms with Crippen molar-refractivity contribution >= 4 is 16.3 Å². The molecule has 0 heterocycles. The van der Waals surface area contributed by atoms with Crippen LogP contribution in [0, 0.1) is 17.7 Å².